The van der Waals surface area contributed by atoms with Crippen LogP contribution in [0.2, 0.25) is 0 Å². The van der Waals surface area contributed by atoms with Gasteiger partial charge >= 0.3 is 5.97 Å². The fraction of sp³-hybridized carbons (Fsp3) is 0.400. The van der Waals surface area contributed by atoms with Gasteiger partial charge in [-0.15, -0.1) is 0 Å². The van der Waals surface area contributed by atoms with Crippen LogP contribution >= 0.6 is 15.9 Å². The van der Waals surface area contributed by atoms with E-state index in [4.69, 9.17) is 4.74 Å². The Labute approximate surface area is 156 Å². The topological polar surface area (TPSA) is 55.4 Å². The number of carbonyl (C=O) groups excluding carboxylic acids is 2. The van der Waals surface area contributed by atoms with E-state index >= 15 is 0 Å². The van der Waals surface area contributed by atoms with E-state index in [9.17, 15) is 9.59 Å². The van der Waals surface area contributed by atoms with Crippen LogP contribution in [0.5, 0.6) is 0 Å². The first-order valence-electron chi connectivity index (χ1n) is 8.31. The molecule has 0 bridgehead atoms. The summed E-state index contributed by atoms with van der Waals surface area (Å²) < 4.78 is 5.93. The molecule has 0 aromatic heterocycles. The Morgan fingerprint density at radius 3 is 2.68 bits per heavy atom. The second-order valence-electron chi connectivity index (χ2n) is 7.48. The van der Waals surface area contributed by atoms with E-state index < -0.39 is 11.9 Å². The van der Waals surface area contributed by atoms with Crippen LogP contribution < -0.4 is 5.32 Å². The minimum absolute atomic E-state index is 0.0895. The number of dihydropyridines is 1. The lowest BCUT2D eigenvalue weighted by Gasteiger charge is -2.39. The Morgan fingerprint density at radius 1 is 1.32 bits per heavy atom. The third-order valence-electron chi connectivity index (χ3n) is 4.83. The van der Waals surface area contributed by atoms with Crippen LogP contribution in [0.4, 0.5) is 0 Å². The maximum absolute atomic E-state index is 13.0. The quantitative estimate of drug-likeness (QED) is 0.750. The Hall–Kier alpha value is -1.88. The first-order chi connectivity index (χ1) is 11.7. The maximum Gasteiger partial charge on any atom is 0.336 e. The van der Waals surface area contributed by atoms with Gasteiger partial charge in [0.15, 0.2) is 5.78 Å². The molecule has 0 radical (unpaired) electrons. The van der Waals surface area contributed by atoms with Gasteiger partial charge in [0.25, 0.3) is 0 Å². The second-order valence-corrected chi connectivity index (χ2v) is 8.39. The summed E-state index contributed by atoms with van der Waals surface area (Å²) in [5, 5.41) is 3.31. The molecule has 0 amide bonds. The molecule has 1 aromatic rings. The van der Waals surface area contributed by atoms with Crippen molar-refractivity contribution < 1.29 is 14.3 Å². The van der Waals surface area contributed by atoms with Gasteiger partial charge in [-0.3, -0.25) is 4.79 Å². The van der Waals surface area contributed by atoms with Crippen molar-refractivity contribution in [3.05, 3.63) is 56.8 Å². The standard InChI is InChI=1S/C20H22BrNO3/c1-11-16(19(24)25-4)17(12-6-5-7-13(21)8-12)18-14(22-11)9-20(2,3)10-15(18)23/h5-8,17,22H,9-10H2,1-4H3/t17-/m0/s1. The van der Waals surface area contributed by atoms with Gasteiger partial charge in [-0.1, -0.05) is 41.9 Å². The van der Waals surface area contributed by atoms with E-state index in [1.807, 2.05) is 31.2 Å². The van der Waals surface area contributed by atoms with Crippen molar-refractivity contribution in [1.82, 2.24) is 5.32 Å². The van der Waals surface area contributed by atoms with Crippen molar-refractivity contribution in [2.45, 2.75) is 39.5 Å². The molecule has 0 unspecified atom stereocenters. The molecule has 0 saturated carbocycles. The van der Waals surface area contributed by atoms with Gasteiger partial charge in [0.05, 0.1) is 12.7 Å². The fourth-order valence-corrected chi connectivity index (χ4v) is 4.25. The molecule has 1 aliphatic carbocycles. The highest BCUT2D eigenvalue weighted by Gasteiger charge is 2.42. The Balaban J connectivity index is 2.21. The molecular formula is C20H22BrNO3. The zero-order valence-electron chi connectivity index (χ0n) is 14.9. The summed E-state index contributed by atoms with van der Waals surface area (Å²) in [6, 6.07) is 7.77. The molecule has 2 aliphatic rings. The number of benzene rings is 1. The number of rotatable bonds is 2. The molecule has 0 spiro atoms. The van der Waals surface area contributed by atoms with Crippen LogP contribution in [0.15, 0.2) is 51.3 Å². The van der Waals surface area contributed by atoms with Gasteiger partial charge in [0, 0.05) is 33.8 Å². The van der Waals surface area contributed by atoms with E-state index in [0.29, 0.717) is 17.6 Å². The number of allylic oxidation sites excluding steroid dienone is 3. The number of hydrogen-bond donors (Lipinski definition) is 1. The molecule has 3 rings (SSSR count). The first kappa shape index (κ1) is 17.9. The number of ketones is 1. The summed E-state index contributed by atoms with van der Waals surface area (Å²) in [5.41, 5.74) is 3.71. The van der Waals surface area contributed by atoms with Crippen LogP contribution in [-0.2, 0) is 14.3 Å². The van der Waals surface area contributed by atoms with Crippen molar-refractivity contribution in [2.75, 3.05) is 7.11 Å². The molecule has 1 aliphatic heterocycles. The third-order valence-corrected chi connectivity index (χ3v) is 5.32. The van der Waals surface area contributed by atoms with Crippen molar-refractivity contribution >= 4 is 27.7 Å². The van der Waals surface area contributed by atoms with Gasteiger partial charge in [-0.2, -0.15) is 0 Å². The number of hydrogen-bond acceptors (Lipinski definition) is 4. The highest BCUT2D eigenvalue weighted by Crippen LogP contribution is 2.46. The van der Waals surface area contributed by atoms with Crippen LogP contribution in [0.1, 0.15) is 45.1 Å². The van der Waals surface area contributed by atoms with Crippen LogP contribution in [0.3, 0.4) is 0 Å². The van der Waals surface area contributed by atoms with Crippen molar-refractivity contribution in [1.29, 1.82) is 0 Å². The van der Waals surface area contributed by atoms with Gasteiger partial charge in [-0.05, 0) is 36.5 Å². The zero-order valence-corrected chi connectivity index (χ0v) is 16.5. The van der Waals surface area contributed by atoms with Gasteiger partial charge < -0.3 is 10.1 Å². The summed E-state index contributed by atoms with van der Waals surface area (Å²) in [7, 11) is 1.37. The monoisotopic (exact) mass is 403 g/mol. The SMILES string of the molecule is COC(=O)C1=C(C)NC2=C(C(=O)CC(C)(C)C2)[C@H]1c1cccc(Br)c1. The lowest BCUT2D eigenvalue weighted by molar-refractivity contribution is -0.136. The Bertz CT molecular complexity index is 820. The molecule has 0 saturated heterocycles. The zero-order chi connectivity index (χ0) is 18.4. The van der Waals surface area contributed by atoms with E-state index in [-0.39, 0.29) is 11.2 Å². The lowest BCUT2D eigenvalue weighted by atomic mass is 9.68. The number of Topliss-reactive ketones (excluding diaryl/α,β-unsaturated/α-hetero) is 1. The molecule has 1 N–H and O–H groups in total. The predicted molar refractivity (Wildman–Crippen MR) is 99.8 cm³/mol. The molecule has 1 aromatic carbocycles. The molecule has 5 heteroatoms. The number of halogens is 1. The number of carbonyl (C=O) groups is 2. The van der Waals surface area contributed by atoms with Crippen molar-refractivity contribution in [3.8, 4) is 0 Å². The minimum atomic E-state index is -0.404. The highest BCUT2D eigenvalue weighted by molar-refractivity contribution is 9.10. The van der Waals surface area contributed by atoms with Gasteiger partial charge in [-0.25, -0.2) is 4.79 Å². The smallest absolute Gasteiger partial charge is 0.336 e. The second kappa shape index (κ2) is 6.45. The summed E-state index contributed by atoms with van der Waals surface area (Å²) in [6.07, 6.45) is 1.26. The summed E-state index contributed by atoms with van der Waals surface area (Å²) in [5.74, 6) is -0.707. The third kappa shape index (κ3) is 3.30. The highest BCUT2D eigenvalue weighted by atomic mass is 79.9. The molecule has 4 nitrogen and oxygen atoms in total. The largest absolute Gasteiger partial charge is 0.466 e. The molecule has 132 valence electrons. The lowest BCUT2D eigenvalue weighted by Crippen LogP contribution is -2.38. The maximum atomic E-state index is 13.0. The van der Waals surface area contributed by atoms with Gasteiger partial charge in [0.1, 0.15) is 0 Å². The summed E-state index contributed by atoms with van der Waals surface area (Å²) in [4.78, 5) is 25.5. The van der Waals surface area contributed by atoms with Crippen LogP contribution in [0, 0.1) is 5.41 Å². The number of esters is 1. The summed E-state index contributed by atoms with van der Waals surface area (Å²) >= 11 is 3.49. The Kier molecular flexibility index (Phi) is 4.62. The van der Waals surface area contributed by atoms with Crippen molar-refractivity contribution in [2.24, 2.45) is 5.41 Å². The molecule has 25 heavy (non-hydrogen) atoms. The number of methoxy groups -OCH3 is 1. The molecule has 0 fully saturated rings. The molecular weight excluding hydrogens is 382 g/mol. The van der Waals surface area contributed by atoms with E-state index in [1.165, 1.54) is 7.11 Å². The van der Waals surface area contributed by atoms with E-state index in [1.54, 1.807) is 0 Å². The Morgan fingerprint density at radius 2 is 2.04 bits per heavy atom. The van der Waals surface area contributed by atoms with E-state index in [0.717, 1.165) is 27.9 Å². The minimum Gasteiger partial charge on any atom is -0.466 e. The van der Waals surface area contributed by atoms with Crippen molar-refractivity contribution in [3.63, 3.8) is 0 Å². The van der Waals surface area contributed by atoms with E-state index in [2.05, 4.69) is 35.1 Å². The predicted octanol–water partition coefficient (Wildman–Crippen LogP) is 4.23. The van der Waals surface area contributed by atoms with Gasteiger partial charge in [0.2, 0.25) is 0 Å². The normalized spacial score (nSPS) is 22.4. The summed E-state index contributed by atoms with van der Waals surface area (Å²) in [6.45, 7) is 6.06. The molecule has 1 heterocycles. The van der Waals surface area contributed by atoms with Crippen LogP contribution in [0.25, 0.3) is 0 Å². The number of ether oxygens (including phenoxy) is 1. The first-order valence-corrected chi connectivity index (χ1v) is 9.10. The molecule has 1 atom stereocenters. The fourth-order valence-electron chi connectivity index (χ4n) is 3.84. The van der Waals surface area contributed by atoms with Crippen LogP contribution in [-0.4, -0.2) is 18.9 Å². The number of nitrogens with one attached hydrogen (secondary N) is 1. The average Bonchev–Trinajstić information content (AvgIpc) is 2.51. The average molecular weight is 404 g/mol.